The lowest BCUT2D eigenvalue weighted by Crippen LogP contribution is -2.24. The Balaban J connectivity index is 1.78. The maximum Gasteiger partial charge on any atom is 0.179 e. The molecule has 0 spiro atoms. The van der Waals surface area contributed by atoms with Crippen LogP contribution in [0.3, 0.4) is 0 Å². The average Bonchev–Trinajstić information content (AvgIpc) is 2.96. The molecule has 5 nitrogen and oxygen atoms in total. The fourth-order valence-corrected chi connectivity index (χ4v) is 3.87. The monoisotopic (exact) mass is 291 g/mol. The summed E-state index contributed by atoms with van der Waals surface area (Å²) in [6.07, 6.45) is 3.96. The molecule has 3 heterocycles. The van der Waals surface area contributed by atoms with Crippen LogP contribution in [0.5, 0.6) is 0 Å². The molecular weight excluding hydrogens is 270 g/mol. The van der Waals surface area contributed by atoms with E-state index in [1.807, 2.05) is 0 Å². The van der Waals surface area contributed by atoms with Crippen LogP contribution in [0, 0.1) is 11.7 Å². The smallest absolute Gasteiger partial charge is 0.179 e. The van der Waals surface area contributed by atoms with E-state index >= 15 is 0 Å². The second-order valence-corrected chi connectivity index (χ2v) is 6.46. The highest BCUT2D eigenvalue weighted by atomic mass is 32.1. The van der Waals surface area contributed by atoms with Gasteiger partial charge in [-0.2, -0.15) is 5.10 Å². The number of H-pyrrole nitrogens is 1. The van der Waals surface area contributed by atoms with Crippen LogP contribution in [0.2, 0.25) is 0 Å². The van der Waals surface area contributed by atoms with Crippen LogP contribution >= 0.6 is 12.2 Å². The Kier molecular flexibility index (Phi) is 2.79. The SMILES string of the molecule is CCn1nc(C)c2[nH]c(=S)n(C3CCN(C4CC4)C3)c21. The van der Waals surface area contributed by atoms with Crippen LogP contribution in [0.4, 0.5) is 0 Å². The lowest BCUT2D eigenvalue weighted by Gasteiger charge is -2.16. The lowest BCUT2D eigenvalue weighted by molar-refractivity contribution is 0.314. The quantitative estimate of drug-likeness (QED) is 0.884. The second-order valence-electron chi connectivity index (χ2n) is 6.07. The van der Waals surface area contributed by atoms with Crippen LogP contribution < -0.4 is 0 Å². The molecule has 1 unspecified atom stereocenters. The Bertz CT molecular complexity index is 705. The van der Waals surface area contributed by atoms with Crippen molar-refractivity contribution < 1.29 is 0 Å². The maximum absolute atomic E-state index is 5.58. The van der Waals surface area contributed by atoms with E-state index in [4.69, 9.17) is 12.2 Å². The molecule has 0 aromatic carbocycles. The first-order valence-electron chi connectivity index (χ1n) is 7.60. The maximum atomic E-state index is 5.58. The zero-order valence-electron chi connectivity index (χ0n) is 12.1. The summed E-state index contributed by atoms with van der Waals surface area (Å²) in [7, 11) is 0. The van der Waals surface area contributed by atoms with Crippen molar-refractivity contribution >= 4 is 23.4 Å². The number of nitrogens with zero attached hydrogens (tertiary/aromatic N) is 4. The van der Waals surface area contributed by atoms with Crippen molar-refractivity contribution in [1.82, 2.24) is 24.2 Å². The Morgan fingerprint density at radius 3 is 2.80 bits per heavy atom. The predicted molar refractivity (Wildman–Crippen MR) is 81.6 cm³/mol. The van der Waals surface area contributed by atoms with Gasteiger partial charge in [0.05, 0.1) is 11.7 Å². The van der Waals surface area contributed by atoms with Gasteiger partial charge in [-0.1, -0.05) is 0 Å². The van der Waals surface area contributed by atoms with Gasteiger partial charge in [0, 0.05) is 25.7 Å². The average molecular weight is 291 g/mol. The number of fused-ring (bicyclic) bond motifs is 1. The minimum Gasteiger partial charge on any atom is -0.328 e. The Morgan fingerprint density at radius 2 is 2.10 bits per heavy atom. The molecule has 1 saturated carbocycles. The molecular formula is C14H21N5S. The molecule has 2 aromatic rings. The number of aromatic nitrogens is 4. The summed E-state index contributed by atoms with van der Waals surface area (Å²) in [5, 5.41) is 4.61. The largest absolute Gasteiger partial charge is 0.328 e. The molecule has 1 N–H and O–H groups in total. The molecule has 2 aromatic heterocycles. The third kappa shape index (κ3) is 1.78. The van der Waals surface area contributed by atoms with Crippen LogP contribution in [0.25, 0.3) is 11.2 Å². The van der Waals surface area contributed by atoms with Crippen molar-refractivity contribution in [3.05, 3.63) is 10.5 Å². The first kappa shape index (κ1) is 12.6. The Hall–Kier alpha value is -1.14. The van der Waals surface area contributed by atoms with Crippen LogP contribution in [0.15, 0.2) is 0 Å². The van der Waals surface area contributed by atoms with Crippen molar-refractivity contribution in [2.45, 2.75) is 51.7 Å². The summed E-state index contributed by atoms with van der Waals surface area (Å²) < 4.78 is 5.25. The summed E-state index contributed by atoms with van der Waals surface area (Å²) in [6.45, 7) is 7.42. The lowest BCUT2D eigenvalue weighted by atomic mass is 10.2. The van der Waals surface area contributed by atoms with Crippen molar-refractivity contribution in [2.75, 3.05) is 13.1 Å². The molecule has 0 radical (unpaired) electrons. The molecule has 1 aliphatic heterocycles. The molecule has 0 bridgehead atoms. The number of rotatable bonds is 3. The Labute approximate surface area is 123 Å². The van der Waals surface area contributed by atoms with Gasteiger partial charge in [-0.3, -0.25) is 9.47 Å². The minimum absolute atomic E-state index is 0.498. The predicted octanol–water partition coefficient (Wildman–Crippen LogP) is 2.63. The second kappa shape index (κ2) is 4.43. The molecule has 4 rings (SSSR count). The summed E-state index contributed by atoms with van der Waals surface area (Å²) in [4.78, 5) is 5.99. The van der Waals surface area contributed by atoms with Gasteiger partial charge in [-0.25, -0.2) is 4.68 Å². The van der Waals surface area contributed by atoms with E-state index in [0.717, 1.165) is 35.1 Å². The zero-order chi connectivity index (χ0) is 13.9. The van der Waals surface area contributed by atoms with E-state index in [-0.39, 0.29) is 0 Å². The van der Waals surface area contributed by atoms with E-state index in [2.05, 4.69) is 38.1 Å². The van der Waals surface area contributed by atoms with E-state index in [9.17, 15) is 0 Å². The highest BCUT2D eigenvalue weighted by Gasteiger charge is 2.36. The molecule has 1 atom stereocenters. The minimum atomic E-state index is 0.498. The molecule has 0 amide bonds. The van der Waals surface area contributed by atoms with Crippen LogP contribution in [0.1, 0.15) is 37.9 Å². The number of aryl methyl sites for hydroxylation is 2. The third-order valence-electron chi connectivity index (χ3n) is 4.70. The summed E-state index contributed by atoms with van der Waals surface area (Å²) in [6, 6.07) is 1.35. The molecule has 20 heavy (non-hydrogen) atoms. The normalized spacial score (nSPS) is 24.0. The van der Waals surface area contributed by atoms with Gasteiger partial charge in [0.1, 0.15) is 5.52 Å². The Morgan fingerprint density at radius 1 is 1.30 bits per heavy atom. The number of imidazole rings is 1. The van der Waals surface area contributed by atoms with Gasteiger partial charge in [-0.15, -0.1) is 0 Å². The molecule has 108 valence electrons. The van der Waals surface area contributed by atoms with E-state index in [0.29, 0.717) is 6.04 Å². The van der Waals surface area contributed by atoms with Crippen molar-refractivity contribution in [3.8, 4) is 0 Å². The zero-order valence-corrected chi connectivity index (χ0v) is 12.9. The van der Waals surface area contributed by atoms with Gasteiger partial charge < -0.3 is 4.98 Å². The number of hydrogen-bond acceptors (Lipinski definition) is 3. The molecule has 2 fully saturated rings. The fraction of sp³-hybridized carbons (Fsp3) is 0.714. The first-order chi connectivity index (χ1) is 9.69. The van der Waals surface area contributed by atoms with Gasteiger partial charge in [0.15, 0.2) is 10.4 Å². The van der Waals surface area contributed by atoms with Crippen LogP contribution in [-0.4, -0.2) is 43.4 Å². The number of likely N-dealkylation sites (tertiary alicyclic amines) is 1. The highest BCUT2D eigenvalue weighted by Crippen LogP contribution is 2.35. The topological polar surface area (TPSA) is 41.8 Å². The number of nitrogens with one attached hydrogen (secondary N) is 1. The van der Waals surface area contributed by atoms with E-state index in [1.165, 1.54) is 31.5 Å². The summed E-state index contributed by atoms with van der Waals surface area (Å²) in [5.74, 6) is 0. The number of aromatic amines is 1. The highest BCUT2D eigenvalue weighted by molar-refractivity contribution is 7.71. The van der Waals surface area contributed by atoms with Gasteiger partial charge in [-0.05, 0) is 45.3 Å². The molecule has 1 saturated heterocycles. The fourth-order valence-electron chi connectivity index (χ4n) is 3.53. The van der Waals surface area contributed by atoms with Crippen molar-refractivity contribution in [1.29, 1.82) is 0 Å². The third-order valence-corrected chi connectivity index (χ3v) is 5.00. The molecule has 1 aliphatic carbocycles. The summed E-state index contributed by atoms with van der Waals surface area (Å²) in [5.41, 5.74) is 3.34. The van der Waals surface area contributed by atoms with Crippen molar-refractivity contribution in [2.24, 2.45) is 0 Å². The number of hydrogen-bond donors (Lipinski definition) is 1. The van der Waals surface area contributed by atoms with Gasteiger partial charge in [0.25, 0.3) is 0 Å². The standard InChI is InChI=1S/C14H21N5S/c1-3-18-13-12(9(2)16-18)15-14(20)19(13)11-6-7-17(8-11)10-4-5-10/h10-11H,3-8H2,1-2H3,(H,15,20). The van der Waals surface area contributed by atoms with Crippen molar-refractivity contribution in [3.63, 3.8) is 0 Å². The molecule has 6 heteroatoms. The van der Waals surface area contributed by atoms with Crippen LogP contribution in [-0.2, 0) is 6.54 Å². The van der Waals surface area contributed by atoms with Gasteiger partial charge in [0.2, 0.25) is 0 Å². The van der Waals surface area contributed by atoms with E-state index < -0.39 is 0 Å². The van der Waals surface area contributed by atoms with Gasteiger partial charge >= 0.3 is 0 Å². The summed E-state index contributed by atoms with van der Waals surface area (Å²) >= 11 is 5.58. The molecule has 2 aliphatic rings. The first-order valence-corrected chi connectivity index (χ1v) is 8.01. The van der Waals surface area contributed by atoms with E-state index in [1.54, 1.807) is 0 Å².